The van der Waals surface area contributed by atoms with E-state index in [9.17, 15) is 15.8 Å². The Morgan fingerprint density at radius 1 is 0.450 bits per heavy atom. The zero-order valence-corrected chi connectivity index (χ0v) is 31.6. The molecule has 10 rings (SSSR count). The Balaban J connectivity index is 1.32. The van der Waals surface area contributed by atoms with E-state index in [-0.39, 0.29) is 0 Å². The molecule has 0 bridgehead atoms. The Kier molecular flexibility index (Phi) is 8.23. The lowest BCUT2D eigenvalue weighted by Gasteiger charge is -2.20. The number of benzene rings is 7. The van der Waals surface area contributed by atoms with Crippen molar-refractivity contribution in [2.45, 2.75) is 0 Å². The molecular weight excluding hydrogens is 737 g/mol. The van der Waals surface area contributed by atoms with Gasteiger partial charge in [0.1, 0.15) is 0 Å². The van der Waals surface area contributed by atoms with Gasteiger partial charge in [0.15, 0.2) is 11.4 Å². The molecule has 0 amide bonds. The van der Waals surface area contributed by atoms with Gasteiger partial charge >= 0.3 is 0 Å². The standard InChI is InChI=1S/C52H26N8/c1-56-39-21-32(27-53)19-37(23-39)34-15-17-44-42-11-5-7-13-46(42)59(48(44)25-34)50-30-58-31-51(52(50)41-10-4-3-9-36(41)29-55)60-47-14-8-6-12-43(47)45-18-16-35(26-49(45)60)38-20-33(28-54)22-40(24-38)57-2/h3-26,30-31H. The Bertz CT molecular complexity index is 3400. The van der Waals surface area contributed by atoms with Crippen LogP contribution in [-0.4, -0.2) is 14.1 Å². The van der Waals surface area contributed by atoms with E-state index in [0.29, 0.717) is 28.1 Å². The minimum absolute atomic E-state index is 0.385. The molecule has 3 heterocycles. The normalized spacial score (nSPS) is 10.9. The second-order valence-corrected chi connectivity index (χ2v) is 14.4. The second-order valence-electron chi connectivity index (χ2n) is 14.4. The average molecular weight is 763 g/mol. The maximum atomic E-state index is 10.6. The third-order valence-corrected chi connectivity index (χ3v) is 11.1. The van der Waals surface area contributed by atoms with E-state index in [4.69, 9.17) is 18.1 Å². The zero-order chi connectivity index (χ0) is 40.9. The van der Waals surface area contributed by atoms with Crippen molar-refractivity contribution in [1.29, 1.82) is 15.8 Å². The molecule has 0 aliphatic rings. The predicted molar refractivity (Wildman–Crippen MR) is 236 cm³/mol. The number of para-hydroxylation sites is 2. The molecule has 0 unspecified atom stereocenters. The number of fused-ring (bicyclic) bond motifs is 6. The maximum Gasteiger partial charge on any atom is 0.189 e. The summed E-state index contributed by atoms with van der Waals surface area (Å²) >= 11 is 0. The number of hydrogen-bond donors (Lipinski definition) is 0. The molecule has 60 heavy (non-hydrogen) atoms. The molecule has 0 saturated carbocycles. The van der Waals surface area contributed by atoms with Gasteiger partial charge in [-0.3, -0.25) is 4.98 Å². The van der Waals surface area contributed by atoms with Crippen LogP contribution in [0.25, 0.3) is 98.1 Å². The second kappa shape index (κ2) is 14.0. The summed E-state index contributed by atoms with van der Waals surface area (Å²) in [5, 5.41) is 34.3. The number of aromatic nitrogens is 3. The SMILES string of the molecule is [C-]#[N+]c1cc(C#N)cc(-c2ccc3c4ccccc4n(-c4cncc(-n5c6ccccc6c6ccc(-c7cc(C#N)cc([N+]#[C-])c7)cc65)c4-c4ccccc4C#N)c3c2)c1. The number of hydrogen-bond acceptors (Lipinski definition) is 4. The van der Waals surface area contributed by atoms with Gasteiger partial charge in [-0.25, -0.2) is 9.69 Å². The first kappa shape index (κ1) is 35.2. The molecule has 0 fully saturated rings. The molecule has 0 N–H and O–H groups in total. The van der Waals surface area contributed by atoms with Gasteiger partial charge in [0.05, 0.1) is 82.8 Å². The van der Waals surface area contributed by atoms with Crippen LogP contribution in [0.5, 0.6) is 0 Å². The fraction of sp³-hybridized carbons (Fsp3) is 0. The summed E-state index contributed by atoms with van der Waals surface area (Å²) in [6, 6.07) is 53.6. The van der Waals surface area contributed by atoms with E-state index in [1.807, 2.05) is 73.1 Å². The Hall–Kier alpha value is -9.26. The summed E-state index contributed by atoms with van der Waals surface area (Å²) in [6.07, 6.45) is 3.69. The van der Waals surface area contributed by atoms with Gasteiger partial charge in [-0.2, -0.15) is 15.8 Å². The van der Waals surface area contributed by atoms with Crippen LogP contribution in [0.1, 0.15) is 16.7 Å². The van der Waals surface area contributed by atoms with E-state index in [2.05, 4.69) is 85.6 Å². The summed E-state index contributed by atoms with van der Waals surface area (Å²) in [6.45, 7) is 15.4. The first-order chi connectivity index (χ1) is 29.5. The number of nitrogens with zero attached hydrogens (tertiary/aromatic N) is 8. The van der Waals surface area contributed by atoms with Crippen molar-refractivity contribution in [2.75, 3.05) is 0 Å². The Morgan fingerprint density at radius 3 is 1.40 bits per heavy atom. The number of pyridine rings is 1. The molecule has 8 nitrogen and oxygen atoms in total. The van der Waals surface area contributed by atoms with Crippen LogP contribution in [0.15, 0.2) is 158 Å². The minimum Gasteiger partial charge on any atom is -0.307 e. The maximum absolute atomic E-state index is 10.6. The highest BCUT2D eigenvalue weighted by Crippen LogP contribution is 2.44. The predicted octanol–water partition coefficient (Wildman–Crippen LogP) is 13.0. The fourth-order valence-electron chi connectivity index (χ4n) is 8.49. The number of nitriles is 3. The van der Waals surface area contributed by atoms with Crippen LogP contribution in [0.2, 0.25) is 0 Å². The Labute approximate surface area is 344 Å². The van der Waals surface area contributed by atoms with Crippen molar-refractivity contribution in [3.63, 3.8) is 0 Å². The molecule has 0 spiro atoms. The monoisotopic (exact) mass is 762 g/mol. The topological polar surface area (TPSA) is 103 Å². The fourth-order valence-corrected chi connectivity index (χ4v) is 8.49. The molecule has 0 radical (unpaired) electrons. The third-order valence-electron chi connectivity index (χ3n) is 11.1. The average Bonchev–Trinajstić information content (AvgIpc) is 3.82. The molecule has 0 atom stereocenters. The van der Waals surface area contributed by atoms with Crippen molar-refractivity contribution in [2.24, 2.45) is 0 Å². The van der Waals surface area contributed by atoms with Crippen LogP contribution in [0, 0.1) is 47.1 Å². The molecule has 0 aliphatic carbocycles. The van der Waals surface area contributed by atoms with E-state index in [1.165, 1.54) is 0 Å². The molecular formula is C52H26N8. The van der Waals surface area contributed by atoms with Crippen LogP contribution in [0.4, 0.5) is 11.4 Å². The smallest absolute Gasteiger partial charge is 0.189 e. The largest absolute Gasteiger partial charge is 0.307 e. The lowest BCUT2D eigenvalue weighted by Crippen LogP contribution is -2.05. The van der Waals surface area contributed by atoms with Gasteiger partial charge in [0.25, 0.3) is 0 Å². The highest BCUT2D eigenvalue weighted by Gasteiger charge is 2.24. The molecule has 8 heteroatoms. The molecule has 274 valence electrons. The quantitative estimate of drug-likeness (QED) is 0.163. The van der Waals surface area contributed by atoms with Crippen LogP contribution in [0.3, 0.4) is 0 Å². The zero-order valence-electron chi connectivity index (χ0n) is 31.6. The summed E-state index contributed by atoms with van der Waals surface area (Å²) in [4.78, 5) is 12.2. The van der Waals surface area contributed by atoms with Crippen molar-refractivity contribution in [3.8, 4) is 63.0 Å². The van der Waals surface area contributed by atoms with Crippen LogP contribution < -0.4 is 0 Å². The van der Waals surface area contributed by atoms with E-state index in [0.717, 1.165) is 88.4 Å². The summed E-state index contributed by atoms with van der Waals surface area (Å²) in [5.74, 6) is 0. The Morgan fingerprint density at radius 2 is 0.917 bits per heavy atom. The summed E-state index contributed by atoms with van der Waals surface area (Å²) in [5.41, 5.74) is 11.9. The first-order valence-electron chi connectivity index (χ1n) is 18.9. The molecule has 7 aromatic carbocycles. The third kappa shape index (κ3) is 5.53. The molecule has 3 aromatic heterocycles. The van der Waals surface area contributed by atoms with Gasteiger partial charge in [-0.1, -0.05) is 78.9 Å². The van der Waals surface area contributed by atoms with E-state index in [1.54, 1.807) is 36.4 Å². The van der Waals surface area contributed by atoms with Crippen LogP contribution >= 0.6 is 0 Å². The van der Waals surface area contributed by atoms with Crippen molar-refractivity contribution in [1.82, 2.24) is 14.1 Å². The van der Waals surface area contributed by atoms with Gasteiger partial charge in [0, 0.05) is 43.8 Å². The lowest BCUT2D eigenvalue weighted by molar-refractivity contribution is 1.09. The van der Waals surface area contributed by atoms with Crippen molar-refractivity contribution in [3.05, 3.63) is 198 Å². The van der Waals surface area contributed by atoms with Gasteiger partial charge in [0.2, 0.25) is 0 Å². The summed E-state index contributed by atoms with van der Waals surface area (Å²) in [7, 11) is 0. The van der Waals surface area contributed by atoms with Gasteiger partial charge in [-0.05, 0) is 89.0 Å². The lowest BCUT2D eigenvalue weighted by atomic mass is 9.97. The first-order valence-corrected chi connectivity index (χ1v) is 18.9. The van der Waals surface area contributed by atoms with E-state index < -0.39 is 0 Å². The minimum atomic E-state index is 0.385. The van der Waals surface area contributed by atoms with E-state index >= 15 is 0 Å². The molecule has 10 aromatic rings. The van der Waals surface area contributed by atoms with Crippen LogP contribution in [-0.2, 0) is 0 Å². The van der Waals surface area contributed by atoms with Gasteiger partial charge < -0.3 is 9.13 Å². The van der Waals surface area contributed by atoms with Crippen molar-refractivity contribution < 1.29 is 0 Å². The molecule has 0 aliphatic heterocycles. The number of rotatable bonds is 5. The molecule has 0 saturated heterocycles. The highest BCUT2D eigenvalue weighted by molar-refractivity contribution is 6.13. The highest BCUT2D eigenvalue weighted by atomic mass is 15.0. The summed E-state index contributed by atoms with van der Waals surface area (Å²) < 4.78 is 4.38. The van der Waals surface area contributed by atoms with Gasteiger partial charge in [-0.15, -0.1) is 0 Å². The van der Waals surface area contributed by atoms with Crippen molar-refractivity contribution >= 4 is 55.0 Å².